The first-order valence-corrected chi connectivity index (χ1v) is 10.4. The maximum atomic E-state index is 12.4. The SMILES string of the molecule is CCOC(=O)c1nc(NC(=O)OCC(Cl)(Cl)Cl)cn1CC(=O)NCc1ccc(OC)cc1. The van der Waals surface area contributed by atoms with Crippen LogP contribution in [-0.4, -0.2) is 51.6 Å². The van der Waals surface area contributed by atoms with Crippen LogP contribution < -0.4 is 15.4 Å². The normalized spacial score (nSPS) is 10.9. The second kappa shape index (κ2) is 11.8. The molecule has 0 aliphatic rings. The van der Waals surface area contributed by atoms with Gasteiger partial charge in [0.05, 0.1) is 13.7 Å². The molecule has 0 fully saturated rings. The number of benzene rings is 1. The number of carbonyl (C=O) groups is 3. The zero-order chi connectivity index (χ0) is 23.7. The van der Waals surface area contributed by atoms with Gasteiger partial charge in [-0.05, 0) is 24.6 Å². The van der Waals surface area contributed by atoms with Gasteiger partial charge in [-0.25, -0.2) is 14.6 Å². The molecule has 0 atom stereocenters. The van der Waals surface area contributed by atoms with Gasteiger partial charge in [0.25, 0.3) is 0 Å². The van der Waals surface area contributed by atoms with Crippen molar-refractivity contribution in [2.24, 2.45) is 0 Å². The summed E-state index contributed by atoms with van der Waals surface area (Å²) in [4.78, 5) is 40.4. The maximum absolute atomic E-state index is 12.4. The summed E-state index contributed by atoms with van der Waals surface area (Å²) in [5, 5.41) is 5.03. The summed E-state index contributed by atoms with van der Waals surface area (Å²) in [5.41, 5.74) is 0.856. The third-order valence-corrected chi connectivity index (χ3v) is 4.12. The van der Waals surface area contributed by atoms with E-state index < -0.39 is 28.4 Å². The third-order valence-electron chi connectivity index (χ3n) is 3.79. The molecule has 10 nitrogen and oxygen atoms in total. The van der Waals surface area contributed by atoms with E-state index >= 15 is 0 Å². The molecule has 0 bridgehead atoms. The minimum absolute atomic E-state index is 0.0506. The summed E-state index contributed by atoms with van der Waals surface area (Å²) in [6.45, 7) is 1.25. The fourth-order valence-corrected chi connectivity index (χ4v) is 2.56. The van der Waals surface area contributed by atoms with E-state index in [4.69, 9.17) is 49.0 Å². The molecule has 1 heterocycles. The number of nitrogens with zero attached hydrogens (tertiary/aromatic N) is 2. The number of aromatic nitrogens is 2. The minimum atomic E-state index is -1.78. The van der Waals surface area contributed by atoms with Gasteiger partial charge in [-0.2, -0.15) is 0 Å². The van der Waals surface area contributed by atoms with E-state index in [1.165, 1.54) is 10.8 Å². The molecule has 1 aromatic heterocycles. The molecular weight excluding hydrogens is 487 g/mol. The van der Waals surface area contributed by atoms with Crippen molar-refractivity contribution in [3.05, 3.63) is 41.9 Å². The van der Waals surface area contributed by atoms with Crippen molar-refractivity contribution in [3.63, 3.8) is 0 Å². The van der Waals surface area contributed by atoms with Gasteiger partial charge in [0, 0.05) is 12.7 Å². The van der Waals surface area contributed by atoms with Crippen molar-refractivity contribution < 1.29 is 28.6 Å². The molecule has 2 rings (SSSR count). The molecule has 13 heteroatoms. The van der Waals surface area contributed by atoms with E-state index in [9.17, 15) is 14.4 Å². The summed E-state index contributed by atoms with van der Waals surface area (Å²) in [6, 6.07) is 7.17. The summed E-state index contributed by atoms with van der Waals surface area (Å²) in [5.74, 6) is -0.689. The van der Waals surface area contributed by atoms with Gasteiger partial charge in [0.1, 0.15) is 18.9 Å². The lowest BCUT2D eigenvalue weighted by Crippen LogP contribution is -2.28. The average molecular weight is 508 g/mol. The van der Waals surface area contributed by atoms with Gasteiger partial charge >= 0.3 is 12.1 Å². The van der Waals surface area contributed by atoms with Gasteiger partial charge in [-0.3, -0.25) is 10.1 Å². The zero-order valence-corrected chi connectivity index (χ0v) is 19.5. The Labute approximate surface area is 199 Å². The molecule has 2 amide bonds. The van der Waals surface area contributed by atoms with Gasteiger partial charge in [0.15, 0.2) is 5.82 Å². The lowest BCUT2D eigenvalue weighted by Gasteiger charge is -2.10. The number of ether oxygens (including phenoxy) is 3. The molecule has 2 aromatic rings. The molecule has 0 unspecified atom stereocenters. The number of alkyl halides is 3. The quantitative estimate of drug-likeness (QED) is 0.394. The highest BCUT2D eigenvalue weighted by molar-refractivity contribution is 6.67. The fraction of sp³-hybridized carbons (Fsp3) is 0.368. The van der Waals surface area contributed by atoms with Crippen LogP contribution in [0, 0.1) is 0 Å². The average Bonchev–Trinajstić information content (AvgIpc) is 3.13. The topological polar surface area (TPSA) is 121 Å². The van der Waals surface area contributed by atoms with Crippen LogP contribution in [-0.2, 0) is 27.4 Å². The molecule has 0 saturated carbocycles. The zero-order valence-electron chi connectivity index (χ0n) is 17.2. The number of imidazole rings is 1. The van der Waals surface area contributed by atoms with Crippen molar-refractivity contribution in [2.45, 2.75) is 23.8 Å². The molecule has 174 valence electrons. The van der Waals surface area contributed by atoms with Gasteiger partial charge in [-0.1, -0.05) is 46.9 Å². The molecular formula is C19H21Cl3N4O6. The van der Waals surface area contributed by atoms with Crippen LogP contribution in [0.1, 0.15) is 23.1 Å². The number of amides is 2. The van der Waals surface area contributed by atoms with Crippen LogP contribution in [0.3, 0.4) is 0 Å². The van der Waals surface area contributed by atoms with Crippen molar-refractivity contribution in [3.8, 4) is 5.75 Å². The number of nitrogens with one attached hydrogen (secondary N) is 2. The predicted molar refractivity (Wildman–Crippen MR) is 118 cm³/mol. The summed E-state index contributed by atoms with van der Waals surface area (Å²) < 4.78 is 14.3. The number of rotatable bonds is 9. The number of hydrogen-bond acceptors (Lipinski definition) is 7. The highest BCUT2D eigenvalue weighted by Gasteiger charge is 2.24. The predicted octanol–water partition coefficient (Wildman–Crippen LogP) is 3.30. The fourth-order valence-electron chi connectivity index (χ4n) is 2.40. The van der Waals surface area contributed by atoms with E-state index in [2.05, 4.69) is 15.6 Å². The van der Waals surface area contributed by atoms with Crippen LogP contribution in [0.15, 0.2) is 30.5 Å². The lowest BCUT2D eigenvalue weighted by molar-refractivity contribution is -0.121. The number of esters is 1. The second-order valence-corrected chi connectivity index (χ2v) is 8.76. The van der Waals surface area contributed by atoms with Crippen molar-refractivity contribution in [1.29, 1.82) is 0 Å². The Morgan fingerprint density at radius 3 is 2.41 bits per heavy atom. The van der Waals surface area contributed by atoms with Crippen LogP contribution >= 0.6 is 34.8 Å². The Bertz CT molecular complexity index is 944. The first-order valence-electron chi connectivity index (χ1n) is 9.25. The van der Waals surface area contributed by atoms with E-state index in [1.807, 2.05) is 12.1 Å². The molecule has 0 aliphatic heterocycles. The minimum Gasteiger partial charge on any atom is -0.497 e. The van der Waals surface area contributed by atoms with Gasteiger partial charge in [-0.15, -0.1) is 0 Å². The smallest absolute Gasteiger partial charge is 0.412 e. The Hall–Kier alpha value is -2.69. The van der Waals surface area contributed by atoms with E-state index in [1.54, 1.807) is 26.2 Å². The Kier molecular flexibility index (Phi) is 9.42. The standard InChI is InChI=1S/C19H21Cl3N4O6/c1-3-31-17(28)16-24-14(25-18(29)32-11-19(20,21)22)9-26(16)10-15(27)23-8-12-4-6-13(30-2)7-5-12/h4-7,9H,3,8,10-11H2,1-2H3,(H,23,27)(H,25,29). The second-order valence-electron chi connectivity index (χ2n) is 6.24. The molecule has 2 N–H and O–H groups in total. The first-order chi connectivity index (χ1) is 15.1. The van der Waals surface area contributed by atoms with Crippen LogP contribution in [0.25, 0.3) is 0 Å². The first kappa shape index (κ1) is 25.6. The Morgan fingerprint density at radius 2 is 1.81 bits per heavy atom. The molecule has 1 aromatic carbocycles. The largest absolute Gasteiger partial charge is 0.497 e. The molecule has 32 heavy (non-hydrogen) atoms. The molecule has 0 spiro atoms. The maximum Gasteiger partial charge on any atom is 0.412 e. The van der Waals surface area contributed by atoms with Crippen molar-refractivity contribution in [2.75, 3.05) is 25.6 Å². The summed E-state index contributed by atoms with van der Waals surface area (Å²) in [6.07, 6.45) is 0.329. The molecule has 0 radical (unpaired) electrons. The molecule has 0 aliphatic carbocycles. The van der Waals surface area contributed by atoms with E-state index in [-0.39, 0.29) is 31.3 Å². The van der Waals surface area contributed by atoms with Gasteiger partial charge < -0.3 is 24.1 Å². The highest BCUT2D eigenvalue weighted by atomic mass is 35.6. The number of halogens is 3. The monoisotopic (exact) mass is 506 g/mol. The Balaban J connectivity index is 2.04. The van der Waals surface area contributed by atoms with Crippen molar-refractivity contribution in [1.82, 2.24) is 14.9 Å². The highest BCUT2D eigenvalue weighted by Crippen LogP contribution is 2.26. The number of carbonyl (C=O) groups excluding carboxylic acids is 3. The van der Waals surface area contributed by atoms with E-state index in [0.717, 1.165) is 5.56 Å². The van der Waals surface area contributed by atoms with E-state index in [0.29, 0.717) is 5.75 Å². The van der Waals surface area contributed by atoms with Gasteiger partial charge in [0.2, 0.25) is 15.5 Å². The van der Waals surface area contributed by atoms with Crippen LogP contribution in [0.5, 0.6) is 5.75 Å². The summed E-state index contributed by atoms with van der Waals surface area (Å²) in [7, 11) is 1.56. The van der Waals surface area contributed by atoms with Crippen molar-refractivity contribution >= 4 is 58.6 Å². The lowest BCUT2D eigenvalue weighted by atomic mass is 10.2. The molecule has 0 saturated heterocycles. The Morgan fingerprint density at radius 1 is 1.12 bits per heavy atom. The third kappa shape index (κ3) is 8.45. The summed E-state index contributed by atoms with van der Waals surface area (Å²) >= 11 is 16.6. The number of hydrogen-bond donors (Lipinski definition) is 2. The van der Waals surface area contributed by atoms with Crippen LogP contribution in [0.2, 0.25) is 0 Å². The van der Waals surface area contributed by atoms with Crippen LogP contribution in [0.4, 0.5) is 10.6 Å². The number of anilines is 1. The number of methoxy groups -OCH3 is 1.